The van der Waals surface area contributed by atoms with Gasteiger partial charge in [0.05, 0.1) is 12.2 Å². The molecule has 0 unspecified atom stereocenters. The molecule has 0 atom stereocenters. The number of aryl methyl sites for hydroxylation is 1. The molecule has 0 amide bonds. The third-order valence-corrected chi connectivity index (χ3v) is 4.70. The molecule has 1 aliphatic rings. The highest BCUT2D eigenvalue weighted by Crippen LogP contribution is 2.28. The van der Waals surface area contributed by atoms with Crippen LogP contribution in [0.2, 0.25) is 0 Å². The normalized spacial score (nSPS) is 14.5. The fourth-order valence-corrected chi connectivity index (χ4v) is 3.34. The number of fused-ring (bicyclic) bond motifs is 1. The van der Waals surface area contributed by atoms with Crippen LogP contribution in [-0.2, 0) is 13.0 Å². The van der Waals surface area contributed by atoms with Crippen LogP contribution in [0.5, 0.6) is 5.75 Å². The molecule has 1 aliphatic heterocycles. The maximum atomic E-state index is 9.72. The van der Waals surface area contributed by atoms with Crippen molar-refractivity contribution in [3.8, 4) is 11.8 Å². The van der Waals surface area contributed by atoms with Gasteiger partial charge in [0.1, 0.15) is 17.6 Å². The summed E-state index contributed by atoms with van der Waals surface area (Å²) in [5.74, 6) is 2.40. The lowest BCUT2D eigenvalue weighted by molar-refractivity contribution is 0.317. The second kappa shape index (κ2) is 8.30. The Balaban J connectivity index is 2.01. The fourth-order valence-electron chi connectivity index (χ4n) is 2.96. The molecule has 0 spiro atoms. The van der Waals surface area contributed by atoms with Crippen molar-refractivity contribution in [3.63, 3.8) is 0 Å². The first-order valence-corrected chi connectivity index (χ1v) is 9.49. The molecule has 130 valence electrons. The molecular formula is C19H21BrN4O. The van der Waals surface area contributed by atoms with E-state index in [1.165, 1.54) is 6.42 Å². The van der Waals surface area contributed by atoms with Gasteiger partial charge in [0.15, 0.2) is 5.82 Å². The van der Waals surface area contributed by atoms with Crippen LogP contribution in [0.15, 0.2) is 22.7 Å². The van der Waals surface area contributed by atoms with E-state index in [-0.39, 0.29) is 0 Å². The van der Waals surface area contributed by atoms with Gasteiger partial charge in [-0.3, -0.25) is 0 Å². The highest BCUT2D eigenvalue weighted by molar-refractivity contribution is 9.10. The highest BCUT2D eigenvalue weighted by atomic mass is 79.9. The van der Waals surface area contributed by atoms with Crippen molar-refractivity contribution in [2.45, 2.75) is 45.6 Å². The van der Waals surface area contributed by atoms with Crippen LogP contribution in [0, 0.1) is 11.3 Å². The predicted octanol–water partition coefficient (Wildman–Crippen LogP) is 4.62. The molecule has 0 bridgehead atoms. The van der Waals surface area contributed by atoms with Crippen LogP contribution < -0.4 is 4.74 Å². The van der Waals surface area contributed by atoms with Gasteiger partial charge < -0.3 is 9.30 Å². The number of rotatable bonds is 5. The number of ether oxygens (including phenoxy) is 1. The molecule has 25 heavy (non-hydrogen) atoms. The molecular weight excluding hydrogens is 380 g/mol. The molecule has 0 fully saturated rings. The van der Waals surface area contributed by atoms with Gasteiger partial charge in [0.2, 0.25) is 0 Å². The molecule has 0 saturated carbocycles. The van der Waals surface area contributed by atoms with Crippen molar-refractivity contribution in [2.75, 3.05) is 6.61 Å². The highest BCUT2D eigenvalue weighted by Gasteiger charge is 2.18. The average molecular weight is 401 g/mol. The smallest absolute Gasteiger partial charge is 0.174 e. The first kappa shape index (κ1) is 17.7. The number of hydrogen-bond acceptors (Lipinski definition) is 4. The standard InChI is InChI=1S/C19H21BrN4O/c1-2-10-25-17-8-7-16(20)12-14(17)11-15(13-21)19-23-22-18-6-4-3-5-9-24(18)19/h7-8,11-12H,2-6,9-10H2,1H3/b15-11+. The van der Waals surface area contributed by atoms with Crippen LogP contribution in [0.4, 0.5) is 0 Å². The van der Waals surface area contributed by atoms with Crippen molar-refractivity contribution in [1.82, 2.24) is 14.8 Å². The Morgan fingerprint density at radius 1 is 1.36 bits per heavy atom. The Bertz CT molecular complexity index is 819. The lowest BCUT2D eigenvalue weighted by atomic mass is 10.1. The predicted molar refractivity (Wildman–Crippen MR) is 101 cm³/mol. The Labute approximate surface area is 156 Å². The van der Waals surface area contributed by atoms with Crippen LogP contribution in [-0.4, -0.2) is 21.4 Å². The lowest BCUT2D eigenvalue weighted by Crippen LogP contribution is -2.05. The summed E-state index contributed by atoms with van der Waals surface area (Å²) in [6.45, 7) is 3.58. The molecule has 0 aliphatic carbocycles. The molecule has 0 N–H and O–H groups in total. The Hall–Kier alpha value is -2.13. The van der Waals surface area contributed by atoms with E-state index in [9.17, 15) is 5.26 Å². The molecule has 5 nitrogen and oxygen atoms in total. The van der Waals surface area contributed by atoms with Gasteiger partial charge in [-0.2, -0.15) is 5.26 Å². The lowest BCUT2D eigenvalue weighted by Gasteiger charge is -2.10. The molecule has 2 heterocycles. The quantitative estimate of drug-likeness (QED) is 0.686. The van der Waals surface area contributed by atoms with Crippen LogP contribution >= 0.6 is 15.9 Å². The van der Waals surface area contributed by atoms with Gasteiger partial charge in [-0.05, 0) is 43.5 Å². The van der Waals surface area contributed by atoms with E-state index < -0.39 is 0 Å². The summed E-state index contributed by atoms with van der Waals surface area (Å²) in [6, 6.07) is 8.12. The van der Waals surface area contributed by atoms with Crippen molar-refractivity contribution < 1.29 is 4.74 Å². The summed E-state index contributed by atoms with van der Waals surface area (Å²) in [5, 5.41) is 18.3. The number of nitrogens with zero attached hydrogens (tertiary/aromatic N) is 4. The van der Waals surface area contributed by atoms with Crippen molar-refractivity contribution in [1.29, 1.82) is 5.26 Å². The van der Waals surface area contributed by atoms with Gasteiger partial charge in [0.25, 0.3) is 0 Å². The Kier molecular flexibility index (Phi) is 5.87. The van der Waals surface area contributed by atoms with Gasteiger partial charge in [-0.25, -0.2) is 0 Å². The molecule has 0 saturated heterocycles. The summed E-state index contributed by atoms with van der Waals surface area (Å²) in [4.78, 5) is 0. The maximum absolute atomic E-state index is 9.72. The third-order valence-electron chi connectivity index (χ3n) is 4.20. The SMILES string of the molecule is CCCOc1ccc(Br)cc1/C=C(\C#N)c1nnc2n1CCCCC2. The number of nitriles is 1. The molecule has 1 aromatic heterocycles. The summed E-state index contributed by atoms with van der Waals surface area (Å²) in [7, 11) is 0. The Morgan fingerprint density at radius 3 is 3.04 bits per heavy atom. The van der Waals surface area contributed by atoms with Crippen LogP contribution in [0.25, 0.3) is 11.6 Å². The van der Waals surface area contributed by atoms with Crippen LogP contribution in [0.1, 0.15) is 49.8 Å². The number of allylic oxidation sites excluding steroid dienone is 1. The maximum Gasteiger partial charge on any atom is 0.174 e. The van der Waals surface area contributed by atoms with Gasteiger partial charge in [-0.1, -0.05) is 29.3 Å². The minimum absolute atomic E-state index is 0.514. The first-order chi connectivity index (χ1) is 12.2. The van der Waals surface area contributed by atoms with E-state index in [2.05, 4.69) is 43.7 Å². The second-order valence-corrected chi connectivity index (χ2v) is 7.02. The third kappa shape index (κ3) is 4.10. The summed E-state index contributed by atoms with van der Waals surface area (Å²) >= 11 is 3.49. The number of halogens is 1. The van der Waals surface area contributed by atoms with Crippen molar-refractivity contribution in [2.24, 2.45) is 0 Å². The largest absolute Gasteiger partial charge is 0.493 e. The minimum Gasteiger partial charge on any atom is -0.493 e. The average Bonchev–Trinajstić information content (AvgIpc) is 2.86. The summed E-state index contributed by atoms with van der Waals surface area (Å²) in [5.41, 5.74) is 1.38. The topological polar surface area (TPSA) is 63.7 Å². The van der Waals surface area contributed by atoms with Crippen LogP contribution in [0.3, 0.4) is 0 Å². The van der Waals surface area contributed by atoms with E-state index in [1.807, 2.05) is 24.3 Å². The van der Waals surface area contributed by atoms with Gasteiger partial charge in [-0.15, -0.1) is 10.2 Å². The zero-order chi connectivity index (χ0) is 17.6. The Morgan fingerprint density at radius 2 is 2.24 bits per heavy atom. The van der Waals surface area contributed by atoms with Gasteiger partial charge >= 0.3 is 0 Å². The van der Waals surface area contributed by atoms with E-state index >= 15 is 0 Å². The van der Waals surface area contributed by atoms with Crippen molar-refractivity contribution >= 4 is 27.6 Å². The van der Waals surface area contributed by atoms with Gasteiger partial charge in [0, 0.05) is 23.0 Å². The van der Waals surface area contributed by atoms with E-state index in [4.69, 9.17) is 4.74 Å². The van der Waals surface area contributed by atoms with E-state index in [0.29, 0.717) is 18.0 Å². The number of aromatic nitrogens is 3. The zero-order valence-electron chi connectivity index (χ0n) is 14.3. The molecule has 3 rings (SSSR count). The number of benzene rings is 1. The fraction of sp³-hybridized carbons (Fsp3) is 0.421. The second-order valence-electron chi connectivity index (χ2n) is 6.10. The van der Waals surface area contributed by atoms with E-state index in [1.54, 1.807) is 0 Å². The van der Waals surface area contributed by atoms with E-state index in [0.717, 1.165) is 53.8 Å². The molecule has 2 aromatic rings. The van der Waals surface area contributed by atoms with Crippen molar-refractivity contribution in [3.05, 3.63) is 39.9 Å². The number of hydrogen-bond donors (Lipinski definition) is 0. The molecule has 1 aromatic carbocycles. The minimum atomic E-state index is 0.514. The monoisotopic (exact) mass is 400 g/mol. The summed E-state index contributed by atoms with van der Waals surface area (Å²) in [6.07, 6.45) is 7.12. The first-order valence-electron chi connectivity index (χ1n) is 8.69. The molecule has 6 heteroatoms. The summed E-state index contributed by atoms with van der Waals surface area (Å²) < 4.78 is 8.85. The zero-order valence-corrected chi connectivity index (χ0v) is 15.9. The molecule has 0 radical (unpaired) electrons.